The van der Waals surface area contributed by atoms with Crippen LogP contribution in [0.3, 0.4) is 0 Å². The van der Waals surface area contributed by atoms with E-state index in [4.69, 9.17) is 0 Å². The zero-order valence-electron chi connectivity index (χ0n) is 16.2. The quantitative estimate of drug-likeness (QED) is 0.836. The number of nitrogens with one attached hydrogen (secondary N) is 1. The summed E-state index contributed by atoms with van der Waals surface area (Å²) in [5.74, 6) is 0.563. The van der Waals surface area contributed by atoms with Crippen LogP contribution < -0.4 is 5.32 Å². The van der Waals surface area contributed by atoms with Gasteiger partial charge in [0.1, 0.15) is 0 Å². The summed E-state index contributed by atoms with van der Waals surface area (Å²) in [6.45, 7) is 3.42. The van der Waals surface area contributed by atoms with Crippen LogP contribution in [-0.2, 0) is 16.0 Å². The van der Waals surface area contributed by atoms with E-state index in [0.29, 0.717) is 25.6 Å². The summed E-state index contributed by atoms with van der Waals surface area (Å²) >= 11 is 0. The summed E-state index contributed by atoms with van der Waals surface area (Å²) in [5, 5.41) is 3.35. The Bertz CT molecular complexity index is 597. The van der Waals surface area contributed by atoms with Crippen molar-refractivity contribution in [3.8, 4) is 0 Å². The first kappa shape index (κ1) is 21.7. The minimum Gasteiger partial charge on any atom is -0.343 e. The molecule has 0 unspecified atom stereocenters. The molecule has 6 heteroatoms. The van der Waals surface area contributed by atoms with Crippen LogP contribution in [0, 0.1) is 5.92 Å². The number of hydrogen-bond donors (Lipinski definition) is 1. The summed E-state index contributed by atoms with van der Waals surface area (Å²) in [6, 6.07) is 10.5. The maximum absolute atomic E-state index is 12.8. The van der Waals surface area contributed by atoms with Crippen LogP contribution in [0.25, 0.3) is 0 Å². The molecule has 2 amide bonds. The minimum atomic E-state index is 0. The Kier molecular flexibility index (Phi) is 8.58. The lowest BCUT2D eigenvalue weighted by molar-refractivity contribution is -0.141. The molecule has 0 aromatic heterocycles. The largest absolute Gasteiger partial charge is 0.343 e. The van der Waals surface area contributed by atoms with E-state index in [0.717, 1.165) is 45.2 Å². The molecular formula is C21H32ClN3O2. The van der Waals surface area contributed by atoms with Crippen LogP contribution in [0.2, 0.25) is 0 Å². The molecule has 1 N–H and O–H groups in total. The van der Waals surface area contributed by atoms with Gasteiger partial charge in [-0.3, -0.25) is 9.59 Å². The fourth-order valence-electron chi connectivity index (χ4n) is 4.09. The average Bonchev–Trinajstić information content (AvgIpc) is 2.72. The number of piperidine rings is 2. The maximum atomic E-state index is 12.8. The van der Waals surface area contributed by atoms with Gasteiger partial charge in [0.2, 0.25) is 11.8 Å². The molecule has 3 rings (SSSR count). The van der Waals surface area contributed by atoms with Gasteiger partial charge in [-0.15, -0.1) is 12.4 Å². The molecule has 2 saturated heterocycles. The van der Waals surface area contributed by atoms with Crippen LogP contribution >= 0.6 is 12.4 Å². The van der Waals surface area contributed by atoms with Crippen molar-refractivity contribution in [2.75, 3.05) is 33.2 Å². The standard InChI is InChI=1S/C21H31N3O2.ClH/c1-23(19-9-13-22-14-10-19)21(26)18-11-15-24(16-12-18)20(25)8-7-17-5-3-2-4-6-17;/h2-6,18-19,22H,7-16H2,1H3;1H. The maximum Gasteiger partial charge on any atom is 0.225 e. The van der Waals surface area contributed by atoms with Crippen molar-refractivity contribution < 1.29 is 9.59 Å². The third kappa shape index (κ3) is 5.94. The number of carbonyl (C=O) groups excluding carboxylic acids is 2. The molecule has 2 heterocycles. The Morgan fingerprint density at radius 2 is 1.70 bits per heavy atom. The molecule has 0 atom stereocenters. The molecule has 0 radical (unpaired) electrons. The van der Waals surface area contributed by atoms with Crippen molar-refractivity contribution in [1.82, 2.24) is 15.1 Å². The Morgan fingerprint density at radius 1 is 1.07 bits per heavy atom. The summed E-state index contributed by atoms with van der Waals surface area (Å²) < 4.78 is 0. The van der Waals surface area contributed by atoms with Gasteiger partial charge in [0.05, 0.1) is 0 Å². The Morgan fingerprint density at radius 3 is 2.33 bits per heavy atom. The van der Waals surface area contributed by atoms with E-state index in [1.807, 2.05) is 35.0 Å². The van der Waals surface area contributed by atoms with Gasteiger partial charge in [-0.1, -0.05) is 30.3 Å². The van der Waals surface area contributed by atoms with Crippen molar-refractivity contribution in [2.24, 2.45) is 5.92 Å². The van der Waals surface area contributed by atoms with Gasteiger partial charge in [-0.25, -0.2) is 0 Å². The van der Waals surface area contributed by atoms with Gasteiger partial charge >= 0.3 is 0 Å². The van der Waals surface area contributed by atoms with Gasteiger partial charge < -0.3 is 15.1 Å². The van der Waals surface area contributed by atoms with Crippen LogP contribution in [0.1, 0.15) is 37.7 Å². The number of halogens is 1. The third-order valence-electron chi connectivity index (χ3n) is 5.87. The fraction of sp³-hybridized carbons (Fsp3) is 0.619. The van der Waals surface area contributed by atoms with E-state index in [2.05, 4.69) is 17.4 Å². The van der Waals surface area contributed by atoms with E-state index >= 15 is 0 Å². The molecule has 1 aromatic carbocycles. The lowest BCUT2D eigenvalue weighted by atomic mass is 9.93. The molecule has 1 aromatic rings. The molecule has 27 heavy (non-hydrogen) atoms. The Hall–Kier alpha value is -1.59. The van der Waals surface area contributed by atoms with Crippen molar-refractivity contribution in [1.29, 1.82) is 0 Å². The second-order valence-corrected chi connectivity index (χ2v) is 7.57. The third-order valence-corrected chi connectivity index (χ3v) is 5.87. The summed E-state index contributed by atoms with van der Waals surface area (Å²) in [4.78, 5) is 29.2. The number of rotatable bonds is 5. The number of likely N-dealkylation sites (tertiary alicyclic amines) is 1. The predicted molar refractivity (Wildman–Crippen MR) is 110 cm³/mol. The molecule has 2 aliphatic heterocycles. The highest BCUT2D eigenvalue weighted by Crippen LogP contribution is 2.22. The number of nitrogens with zero attached hydrogens (tertiary/aromatic N) is 2. The average molecular weight is 394 g/mol. The number of hydrogen-bond acceptors (Lipinski definition) is 3. The van der Waals surface area contributed by atoms with Gasteiger partial charge in [0, 0.05) is 38.5 Å². The molecule has 0 spiro atoms. The smallest absolute Gasteiger partial charge is 0.225 e. The van der Waals surface area contributed by atoms with Gasteiger partial charge in [0.25, 0.3) is 0 Å². The number of benzene rings is 1. The molecule has 2 fully saturated rings. The van der Waals surface area contributed by atoms with Gasteiger partial charge in [0.15, 0.2) is 0 Å². The molecule has 0 aliphatic carbocycles. The summed E-state index contributed by atoms with van der Waals surface area (Å²) in [7, 11) is 1.95. The molecule has 0 bridgehead atoms. The number of carbonyl (C=O) groups is 2. The van der Waals surface area contributed by atoms with Crippen LogP contribution in [0.15, 0.2) is 30.3 Å². The monoisotopic (exact) mass is 393 g/mol. The lowest BCUT2D eigenvalue weighted by Crippen LogP contribution is -2.48. The second kappa shape index (κ2) is 10.7. The van der Waals surface area contributed by atoms with E-state index in [9.17, 15) is 9.59 Å². The second-order valence-electron chi connectivity index (χ2n) is 7.57. The van der Waals surface area contributed by atoms with Crippen LogP contribution in [0.4, 0.5) is 0 Å². The molecule has 2 aliphatic rings. The normalized spacial score (nSPS) is 18.6. The zero-order chi connectivity index (χ0) is 18.4. The van der Waals surface area contributed by atoms with Crippen molar-refractivity contribution in [3.63, 3.8) is 0 Å². The molecule has 150 valence electrons. The van der Waals surface area contributed by atoms with Gasteiger partial charge in [-0.05, 0) is 50.8 Å². The van der Waals surface area contributed by atoms with Crippen molar-refractivity contribution >= 4 is 24.2 Å². The first-order valence-corrected chi connectivity index (χ1v) is 9.94. The SMILES string of the molecule is CN(C(=O)C1CCN(C(=O)CCc2ccccc2)CC1)C1CCNCC1.Cl. The van der Waals surface area contributed by atoms with E-state index < -0.39 is 0 Å². The fourth-order valence-corrected chi connectivity index (χ4v) is 4.09. The number of amides is 2. The van der Waals surface area contributed by atoms with E-state index in [1.165, 1.54) is 5.56 Å². The summed E-state index contributed by atoms with van der Waals surface area (Å²) in [5.41, 5.74) is 1.20. The van der Waals surface area contributed by atoms with Crippen LogP contribution in [-0.4, -0.2) is 60.9 Å². The predicted octanol–water partition coefficient (Wildman–Crippen LogP) is 2.49. The lowest BCUT2D eigenvalue weighted by Gasteiger charge is -2.37. The Balaban J connectivity index is 0.00000261. The summed E-state index contributed by atoms with van der Waals surface area (Å²) in [6.07, 6.45) is 5.02. The topological polar surface area (TPSA) is 52.7 Å². The highest BCUT2D eigenvalue weighted by Gasteiger charge is 2.31. The van der Waals surface area contributed by atoms with E-state index in [-0.39, 0.29) is 30.1 Å². The Labute approximate surface area is 168 Å². The minimum absolute atomic E-state index is 0. The molecular weight excluding hydrogens is 362 g/mol. The van der Waals surface area contributed by atoms with Gasteiger partial charge in [-0.2, -0.15) is 0 Å². The number of aryl methyl sites for hydroxylation is 1. The van der Waals surface area contributed by atoms with Crippen LogP contribution in [0.5, 0.6) is 0 Å². The molecule has 5 nitrogen and oxygen atoms in total. The van der Waals surface area contributed by atoms with Crippen molar-refractivity contribution in [3.05, 3.63) is 35.9 Å². The van der Waals surface area contributed by atoms with Crippen molar-refractivity contribution in [2.45, 2.75) is 44.6 Å². The highest BCUT2D eigenvalue weighted by atomic mass is 35.5. The molecule has 0 saturated carbocycles. The van der Waals surface area contributed by atoms with E-state index in [1.54, 1.807) is 0 Å². The first-order chi connectivity index (χ1) is 12.6. The zero-order valence-corrected chi connectivity index (χ0v) is 17.0. The first-order valence-electron chi connectivity index (χ1n) is 9.94. The highest BCUT2D eigenvalue weighted by molar-refractivity contribution is 5.85.